The maximum atomic E-state index is 11.2. The quantitative estimate of drug-likeness (QED) is 0.843. The average molecular weight is 288 g/mol. The van der Waals surface area contributed by atoms with Gasteiger partial charge in [0.1, 0.15) is 17.6 Å². The molecule has 2 N–H and O–H groups in total. The molecule has 6 heteroatoms. The third kappa shape index (κ3) is 3.81. The third-order valence-electron chi connectivity index (χ3n) is 2.77. The summed E-state index contributed by atoms with van der Waals surface area (Å²) in [5.74, 6) is 0.425. The van der Waals surface area contributed by atoms with Crippen molar-refractivity contribution in [2.24, 2.45) is 0 Å². The summed E-state index contributed by atoms with van der Waals surface area (Å²) in [7, 11) is 1.60. The predicted molar refractivity (Wildman–Crippen MR) is 81.2 cm³/mol. The maximum Gasteiger partial charge on any atom is 0.243 e. The number of ether oxygens (including phenoxy) is 1. The Bertz CT molecular complexity index is 668. The lowest BCUT2D eigenvalue weighted by molar-refractivity contribution is -0.116. The van der Waals surface area contributed by atoms with E-state index in [0.717, 1.165) is 16.6 Å². The van der Waals surface area contributed by atoms with Crippen LogP contribution in [-0.2, 0) is 11.2 Å². The van der Waals surface area contributed by atoms with E-state index in [2.05, 4.69) is 20.3 Å². The van der Waals surface area contributed by atoms with Gasteiger partial charge < -0.3 is 15.0 Å². The SMILES string of the molecule is CNC(=O)C=CCc1c[nH]c2ncnc(OC(C)(C)C)c12. The van der Waals surface area contributed by atoms with Crippen LogP contribution in [0.5, 0.6) is 5.88 Å². The summed E-state index contributed by atoms with van der Waals surface area (Å²) in [4.78, 5) is 22.7. The third-order valence-corrected chi connectivity index (χ3v) is 2.77. The van der Waals surface area contributed by atoms with Gasteiger partial charge in [-0.1, -0.05) is 6.08 Å². The van der Waals surface area contributed by atoms with Crippen LogP contribution < -0.4 is 10.1 Å². The summed E-state index contributed by atoms with van der Waals surface area (Å²) in [5, 5.41) is 3.40. The van der Waals surface area contributed by atoms with Gasteiger partial charge in [0.15, 0.2) is 0 Å². The average Bonchev–Trinajstić information content (AvgIpc) is 2.81. The van der Waals surface area contributed by atoms with E-state index in [0.29, 0.717) is 12.3 Å². The molecule has 0 aliphatic carbocycles. The molecule has 2 aromatic heterocycles. The number of amides is 1. The number of H-pyrrole nitrogens is 1. The minimum atomic E-state index is -0.340. The van der Waals surface area contributed by atoms with Gasteiger partial charge in [0.25, 0.3) is 0 Å². The van der Waals surface area contributed by atoms with Gasteiger partial charge in [0, 0.05) is 13.2 Å². The van der Waals surface area contributed by atoms with Gasteiger partial charge in [-0.05, 0) is 38.8 Å². The Morgan fingerprint density at radius 3 is 2.86 bits per heavy atom. The molecule has 0 spiro atoms. The summed E-state index contributed by atoms with van der Waals surface area (Å²) in [6, 6.07) is 0. The molecule has 0 aromatic carbocycles. The summed E-state index contributed by atoms with van der Waals surface area (Å²) in [6.07, 6.45) is 7.25. The molecule has 21 heavy (non-hydrogen) atoms. The lowest BCUT2D eigenvalue weighted by atomic mass is 10.1. The number of carbonyl (C=O) groups is 1. The van der Waals surface area contributed by atoms with Gasteiger partial charge >= 0.3 is 0 Å². The van der Waals surface area contributed by atoms with Crippen LogP contribution in [0.15, 0.2) is 24.7 Å². The second-order valence-corrected chi connectivity index (χ2v) is 5.65. The van der Waals surface area contributed by atoms with Gasteiger partial charge in [-0.3, -0.25) is 4.79 Å². The number of nitrogens with zero attached hydrogens (tertiary/aromatic N) is 2. The molecule has 112 valence electrons. The highest BCUT2D eigenvalue weighted by atomic mass is 16.5. The zero-order valence-electron chi connectivity index (χ0n) is 12.7. The number of allylic oxidation sites excluding steroid dienone is 1. The zero-order chi connectivity index (χ0) is 15.5. The fraction of sp³-hybridized carbons (Fsp3) is 0.400. The van der Waals surface area contributed by atoms with E-state index < -0.39 is 0 Å². The largest absolute Gasteiger partial charge is 0.471 e. The van der Waals surface area contributed by atoms with Crippen LogP contribution in [-0.4, -0.2) is 33.5 Å². The van der Waals surface area contributed by atoms with Crippen molar-refractivity contribution >= 4 is 16.9 Å². The molecule has 0 saturated heterocycles. The van der Waals surface area contributed by atoms with Gasteiger partial charge in [0.2, 0.25) is 11.8 Å². The Labute approximate surface area is 123 Å². The van der Waals surface area contributed by atoms with E-state index in [1.807, 2.05) is 27.0 Å². The molecule has 1 amide bonds. The Morgan fingerprint density at radius 1 is 1.43 bits per heavy atom. The van der Waals surface area contributed by atoms with Crippen molar-refractivity contribution in [3.8, 4) is 5.88 Å². The van der Waals surface area contributed by atoms with Crippen LogP contribution in [0.3, 0.4) is 0 Å². The van der Waals surface area contributed by atoms with Crippen molar-refractivity contribution in [2.45, 2.75) is 32.8 Å². The summed E-state index contributed by atoms with van der Waals surface area (Å²) in [6.45, 7) is 5.91. The number of nitrogens with one attached hydrogen (secondary N) is 2. The van der Waals surface area contributed by atoms with E-state index >= 15 is 0 Å². The number of aromatic nitrogens is 3. The molecular formula is C15H20N4O2. The molecule has 0 radical (unpaired) electrons. The minimum absolute atomic E-state index is 0.128. The first-order valence-electron chi connectivity index (χ1n) is 6.79. The Morgan fingerprint density at radius 2 is 2.19 bits per heavy atom. The smallest absolute Gasteiger partial charge is 0.243 e. The Kier molecular flexibility index (Phi) is 4.26. The predicted octanol–water partition coefficient (Wildman–Crippen LogP) is 1.98. The molecule has 6 nitrogen and oxygen atoms in total. The van der Waals surface area contributed by atoms with Crippen molar-refractivity contribution in [3.63, 3.8) is 0 Å². The summed E-state index contributed by atoms with van der Waals surface area (Å²) < 4.78 is 5.89. The standard InChI is InChI=1S/C15H20N4O2/c1-15(2,3)21-14-12-10(6-5-7-11(20)16-4)8-17-13(12)18-9-19-14/h5,7-9H,6H2,1-4H3,(H,16,20)(H,17,18,19). The number of carbonyl (C=O) groups excluding carboxylic acids is 1. The van der Waals surface area contributed by atoms with Gasteiger partial charge in [-0.15, -0.1) is 0 Å². The van der Waals surface area contributed by atoms with Crippen LogP contribution in [0.25, 0.3) is 11.0 Å². The van der Waals surface area contributed by atoms with Gasteiger partial charge in [-0.2, -0.15) is 0 Å². The van der Waals surface area contributed by atoms with Crippen LogP contribution in [0.1, 0.15) is 26.3 Å². The number of likely N-dealkylation sites (N-methyl/N-ethyl adjacent to an activating group) is 1. The minimum Gasteiger partial charge on any atom is -0.471 e. The topological polar surface area (TPSA) is 79.9 Å². The molecular weight excluding hydrogens is 268 g/mol. The highest BCUT2D eigenvalue weighted by molar-refractivity contribution is 5.88. The van der Waals surface area contributed by atoms with Crippen LogP contribution in [0, 0.1) is 0 Å². The highest BCUT2D eigenvalue weighted by Gasteiger charge is 2.18. The van der Waals surface area contributed by atoms with Crippen molar-refractivity contribution in [1.82, 2.24) is 20.3 Å². The second kappa shape index (κ2) is 5.95. The summed E-state index contributed by atoms with van der Waals surface area (Å²) in [5.41, 5.74) is 1.38. The van der Waals surface area contributed by atoms with Gasteiger partial charge in [-0.25, -0.2) is 9.97 Å². The molecule has 0 aliphatic heterocycles. The first-order chi connectivity index (χ1) is 9.90. The van der Waals surface area contributed by atoms with E-state index in [-0.39, 0.29) is 11.5 Å². The molecule has 0 atom stereocenters. The van der Waals surface area contributed by atoms with Crippen molar-refractivity contribution in [3.05, 3.63) is 30.2 Å². The number of hydrogen-bond donors (Lipinski definition) is 2. The number of rotatable bonds is 4. The first-order valence-corrected chi connectivity index (χ1v) is 6.79. The summed E-state index contributed by atoms with van der Waals surface area (Å²) >= 11 is 0. The monoisotopic (exact) mass is 288 g/mol. The first kappa shape index (κ1) is 15.0. The van der Waals surface area contributed by atoms with Crippen molar-refractivity contribution in [2.75, 3.05) is 7.05 Å². The van der Waals surface area contributed by atoms with E-state index in [1.165, 1.54) is 12.4 Å². The van der Waals surface area contributed by atoms with E-state index in [4.69, 9.17) is 4.74 Å². The molecule has 2 aromatic rings. The van der Waals surface area contributed by atoms with Crippen molar-refractivity contribution in [1.29, 1.82) is 0 Å². The zero-order valence-corrected chi connectivity index (χ0v) is 12.7. The van der Waals surface area contributed by atoms with E-state index in [1.54, 1.807) is 13.1 Å². The van der Waals surface area contributed by atoms with Crippen molar-refractivity contribution < 1.29 is 9.53 Å². The number of fused-ring (bicyclic) bond motifs is 1. The van der Waals surface area contributed by atoms with Crippen LogP contribution in [0.4, 0.5) is 0 Å². The molecule has 0 aliphatic rings. The lowest BCUT2D eigenvalue weighted by Crippen LogP contribution is -2.23. The van der Waals surface area contributed by atoms with E-state index in [9.17, 15) is 4.79 Å². The Balaban J connectivity index is 2.32. The van der Waals surface area contributed by atoms with Gasteiger partial charge in [0.05, 0.1) is 5.39 Å². The fourth-order valence-electron chi connectivity index (χ4n) is 1.90. The normalized spacial score (nSPS) is 12.0. The molecule has 0 saturated carbocycles. The fourth-order valence-corrected chi connectivity index (χ4v) is 1.90. The highest BCUT2D eigenvalue weighted by Crippen LogP contribution is 2.28. The molecule has 2 heterocycles. The van der Waals surface area contributed by atoms with Crippen LogP contribution in [0.2, 0.25) is 0 Å². The molecule has 2 rings (SSSR count). The maximum absolute atomic E-state index is 11.2. The second-order valence-electron chi connectivity index (χ2n) is 5.65. The molecule has 0 fully saturated rings. The molecule has 0 bridgehead atoms. The Hall–Kier alpha value is -2.37. The number of hydrogen-bond acceptors (Lipinski definition) is 4. The lowest BCUT2D eigenvalue weighted by Gasteiger charge is -2.20. The van der Waals surface area contributed by atoms with Crippen LogP contribution >= 0.6 is 0 Å². The number of aromatic amines is 1. The molecule has 0 unspecified atom stereocenters.